The molecule has 7 nitrogen and oxygen atoms in total. The molecule has 1 amide bonds. The number of aliphatic hydroxyl groups is 2. The maximum Gasteiger partial charge on any atom is 0.220 e. The average molecular weight is 397 g/mol. The molecule has 0 radical (unpaired) electrons. The topological polar surface area (TPSA) is 128 Å². The van der Waals surface area contributed by atoms with Gasteiger partial charge in [0.25, 0.3) is 0 Å². The lowest BCUT2D eigenvalue weighted by Gasteiger charge is -2.37. The number of aliphatic hydroxyl groups excluding tert-OH is 2. The van der Waals surface area contributed by atoms with Gasteiger partial charge in [-0.15, -0.1) is 0 Å². The van der Waals surface area contributed by atoms with Gasteiger partial charge in [-0.2, -0.15) is 0 Å². The molecule has 2 rings (SSSR count). The molecule has 8 atom stereocenters. The van der Waals surface area contributed by atoms with Crippen LogP contribution >= 0.6 is 0 Å². The van der Waals surface area contributed by atoms with E-state index in [9.17, 15) is 15.0 Å². The number of carbonyl (C=O) groups is 1. The van der Waals surface area contributed by atoms with Crippen LogP contribution in [0.25, 0.3) is 0 Å². The predicted molar refractivity (Wildman–Crippen MR) is 107 cm³/mol. The van der Waals surface area contributed by atoms with Crippen molar-refractivity contribution in [3.63, 3.8) is 0 Å². The van der Waals surface area contributed by atoms with E-state index in [0.717, 1.165) is 18.4 Å². The van der Waals surface area contributed by atoms with Crippen molar-refractivity contribution in [3.8, 4) is 0 Å². The number of allylic oxidation sites excluding steroid dienone is 2. The Morgan fingerprint density at radius 1 is 1.25 bits per heavy atom. The van der Waals surface area contributed by atoms with Gasteiger partial charge in [0.15, 0.2) is 0 Å². The van der Waals surface area contributed by atoms with E-state index in [-0.39, 0.29) is 43.3 Å². The van der Waals surface area contributed by atoms with Crippen molar-refractivity contribution < 1.29 is 24.5 Å². The van der Waals surface area contributed by atoms with Crippen LogP contribution in [0.1, 0.15) is 46.5 Å². The Labute approximate surface area is 167 Å². The van der Waals surface area contributed by atoms with Crippen LogP contribution in [-0.2, 0) is 14.3 Å². The molecule has 2 fully saturated rings. The summed E-state index contributed by atoms with van der Waals surface area (Å²) in [7, 11) is 0. The second-order valence-electron chi connectivity index (χ2n) is 8.36. The van der Waals surface area contributed by atoms with Crippen LogP contribution in [0.5, 0.6) is 0 Å². The molecule has 0 aliphatic carbocycles. The first-order valence-corrected chi connectivity index (χ1v) is 10.2. The first-order valence-electron chi connectivity index (χ1n) is 10.2. The minimum atomic E-state index is -0.817. The standard InChI is InChI=1S/C21H36N2O5/c1-12(4-6-18-13(2)8-17(22)14(3)27-18)5-7-19-21(26)15(11-24)9-16(28-19)10-20(23)25/h4-5,7,13-19,21,24,26H,6,8-11,22H2,1-3H3,(H2,23,25)/b7-5+,12-4+/t13?,14?,15?,16-,17?,18-,19?,21-/m0/s1. The molecule has 2 heterocycles. The lowest BCUT2D eigenvalue weighted by Crippen LogP contribution is -2.46. The summed E-state index contributed by atoms with van der Waals surface area (Å²) in [4.78, 5) is 11.2. The van der Waals surface area contributed by atoms with Gasteiger partial charge in [0.1, 0.15) is 6.10 Å². The summed E-state index contributed by atoms with van der Waals surface area (Å²) in [6.07, 6.45) is 6.47. The molecular formula is C21H36N2O5. The number of primary amides is 1. The zero-order chi connectivity index (χ0) is 20.8. The van der Waals surface area contributed by atoms with Gasteiger partial charge in [-0.05, 0) is 39.0 Å². The van der Waals surface area contributed by atoms with Crippen molar-refractivity contribution in [1.82, 2.24) is 0 Å². The number of amides is 1. The Balaban J connectivity index is 1.95. The molecule has 28 heavy (non-hydrogen) atoms. The van der Waals surface area contributed by atoms with Gasteiger partial charge in [-0.25, -0.2) is 0 Å². The van der Waals surface area contributed by atoms with E-state index in [0.29, 0.717) is 12.3 Å². The maximum atomic E-state index is 11.2. The zero-order valence-electron chi connectivity index (χ0n) is 17.2. The third-order valence-electron chi connectivity index (χ3n) is 5.89. The summed E-state index contributed by atoms with van der Waals surface area (Å²) in [5.41, 5.74) is 12.4. The number of ether oxygens (including phenoxy) is 2. The van der Waals surface area contributed by atoms with Crippen molar-refractivity contribution in [2.75, 3.05) is 6.61 Å². The quantitative estimate of drug-likeness (QED) is 0.476. The second kappa shape index (κ2) is 10.5. The molecular weight excluding hydrogens is 360 g/mol. The van der Waals surface area contributed by atoms with Crippen molar-refractivity contribution in [1.29, 1.82) is 0 Å². The van der Waals surface area contributed by atoms with Gasteiger partial charge >= 0.3 is 0 Å². The van der Waals surface area contributed by atoms with Crippen molar-refractivity contribution in [3.05, 3.63) is 23.8 Å². The maximum absolute atomic E-state index is 11.2. The van der Waals surface area contributed by atoms with Crippen LogP contribution < -0.4 is 11.5 Å². The fourth-order valence-corrected chi connectivity index (χ4v) is 3.99. The number of hydrogen-bond acceptors (Lipinski definition) is 6. The molecule has 7 heteroatoms. The molecule has 0 aromatic rings. The van der Waals surface area contributed by atoms with Crippen LogP contribution in [0.4, 0.5) is 0 Å². The highest BCUT2D eigenvalue weighted by Gasteiger charge is 2.36. The lowest BCUT2D eigenvalue weighted by molar-refractivity contribution is -0.144. The largest absolute Gasteiger partial charge is 0.396 e. The van der Waals surface area contributed by atoms with Crippen LogP contribution in [0.3, 0.4) is 0 Å². The van der Waals surface area contributed by atoms with Crippen molar-refractivity contribution in [2.24, 2.45) is 23.3 Å². The van der Waals surface area contributed by atoms with Gasteiger partial charge in [-0.3, -0.25) is 4.79 Å². The third kappa shape index (κ3) is 6.39. The Morgan fingerprint density at radius 3 is 2.61 bits per heavy atom. The van der Waals surface area contributed by atoms with E-state index in [1.165, 1.54) is 0 Å². The molecule has 2 aliphatic rings. The third-order valence-corrected chi connectivity index (χ3v) is 5.89. The molecule has 0 saturated carbocycles. The highest BCUT2D eigenvalue weighted by atomic mass is 16.5. The molecule has 5 unspecified atom stereocenters. The molecule has 2 saturated heterocycles. The van der Waals surface area contributed by atoms with Gasteiger partial charge in [0, 0.05) is 18.6 Å². The average Bonchev–Trinajstić information content (AvgIpc) is 2.63. The van der Waals surface area contributed by atoms with E-state index in [4.69, 9.17) is 20.9 Å². The normalized spacial score (nSPS) is 40.0. The molecule has 2 aliphatic heterocycles. The predicted octanol–water partition coefficient (Wildman–Crippen LogP) is 1.02. The Morgan fingerprint density at radius 2 is 1.96 bits per heavy atom. The molecule has 0 bridgehead atoms. The number of rotatable bonds is 7. The van der Waals surface area contributed by atoms with Gasteiger partial charge in [0.2, 0.25) is 5.91 Å². The summed E-state index contributed by atoms with van der Waals surface area (Å²) in [5.74, 6) is -0.380. The minimum absolute atomic E-state index is 0.0637. The summed E-state index contributed by atoms with van der Waals surface area (Å²) in [6.45, 7) is 6.01. The van der Waals surface area contributed by atoms with Crippen LogP contribution in [0.2, 0.25) is 0 Å². The van der Waals surface area contributed by atoms with Crippen molar-refractivity contribution >= 4 is 5.91 Å². The van der Waals surface area contributed by atoms with Gasteiger partial charge < -0.3 is 31.2 Å². The van der Waals surface area contributed by atoms with Crippen LogP contribution in [0, 0.1) is 11.8 Å². The molecule has 6 N–H and O–H groups in total. The summed E-state index contributed by atoms with van der Waals surface area (Å²) in [6, 6.07) is 0.0916. The smallest absolute Gasteiger partial charge is 0.220 e. The first-order chi connectivity index (χ1) is 13.2. The lowest BCUT2D eigenvalue weighted by atomic mass is 9.87. The van der Waals surface area contributed by atoms with Gasteiger partial charge in [-0.1, -0.05) is 30.7 Å². The SMILES string of the molecule is CC(/C=C/C1O[C@H](CC(N)=O)CC(CO)[C@@H]1O)=C\C[C@@H]1OC(C)C(N)CC1C. The zero-order valence-corrected chi connectivity index (χ0v) is 17.2. The van der Waals surface area contributed by atoms with Crippen LogP contribution in [0.15, 0.2) is 23.8 Å². The van der Waals surface area contributed by atoms with E-state index >= 15 is 0 Å². The summed E-state index contributed by atoms with van der Waals surface area (Å²) >= 11 is 0. The Hall–Kier alpha value is -1.25. The summed E-state index contributed by atoms with van der Waals surface area (Å²) < 4.78 is 11.8. The number of nitrogens with two attached hydrogens (primary N) is 2. The molecule has 0 aromatic heterocycles. The van der Waals surface area contributed by atoms with Crippen LogP contribution in [-0.4, -0.2) is 59.3 Å². The Bertz CT molecular complexity index is 579. The first kappa shape index (κ1) is 23.0. The Kier molecular flexibility index (Phi) is 8.64. The molecule has 160 valence electrons. The van der Waals surface area contributed by atoms with E-state index < -0.39 is 18.1 Å². The van der Waals surface area contributed by atoms with Crippen molar-refractivity contribution in [2.45, 2.75) is 83.0 Å². The fraction of sp³-hybridized carbons (Fsp3) is 0.762. The summed E-state index contributed by atoms with van der Waals surface area (Å²) in [5, 5.41) is 19.9. The number of carbonyl (C=O) groups excluding carboxylic acids is 1. The highest BCUT2D eigenvalue weighted by molar-refractivity contribution is 5.74. The second-order valence-corrected chi connectivity index (χ2v) is 8.36. The molecule has 0 spiro atoms. The fourth-order valence-electron chi connectivity index (χ4n) is 3.99. The van der Waals surface area contributed by atoms with E-state index in [2.05, 4.69) is 13.0 Å². The van der Waals surface area contributed by atoms with E-state index in [1.807, 2.05) is 19.9 Å². The van der Waals surface area contributed by atoms with E-state index in [1.54, 1.807) is 6.08 Å². The van der Waals surface area contributed by atoms with Gasteiger partial charge in [0.05, 0.1) is 30.8 Å². The number of hydrogen-bond donors (Lipinski definition) is 4. The molecule has 0 aromatic carbocycles. The highest BCUT2D eigenvalue weighted by Crippen LogP contribution is 2.29. The minimum Gasteiger partial charge on any atom is -0.396 e. The monoisotopic (exact) mass is 396 g/mol.